The summed E-state index contributed by atoms with van der Waals surface area (Å²) in [6.07, 6.45) is 6.43. The summed E-state index contributed by atoms with van der Waals surface area (Å²) in [5.74, 6) is 0.0900. The van der Waals surface area contributed by atoms with E-state index >= 15 is 0 Å². The molecule has 0 saturated heterocycles. The van der Waals surface area contributed by atoms with E-state index in [0.717, 1.165) is 43.2 Å². The quantitative estimate of drug-likeness (QED) is 0.215. The van der Waals surface area contributed by atoms with E-state index in [1.165, 1.54) is 29.7 Å². The van der Waals surface area contributed by atoms with Crippen molar-refractivity contribution < 1.29 is 18.3 Å². The third-order valence-electron chi connectivity index (χ3n) is 7.58. The van der Waals surface area contributed by atoms with Crippen LogP contribution in [0.5, 0.6) is 5.75 Å². The van der Waals surface area contributed by atoms with E-state index in [2.05, 4.69) is 11.9 Å². The van der Waals surface area contributed by atoms with E-state index in [0.29, 0.717) is 26.8 Å². The number of hydrogen-bond acceptors (Lipinski definition) is 4. The van der Waals surface area contributed by atoms with Gasteiger partial charge in [-0.2, -0.15) is 4.39 Å². The van der Waals surface area contributed by atoms with E-state index in [1.54, 1.807) is 25.3 Å². The molecule has 0 bridgehead atoms. The smallest absolute Gasteiger partial charge is 0.266 e. The molecule has 5 rings (SSSR count). The average Bonchev–Trinajstić information content (AvgIpc) is 3.28. The van der Waals surface area contributed by atoms with Crippen molar-refractivity contribution in [3.05, 3.63) is 82.0 Å². The largest absolute Gasteiger partial charge is 0.496 e. The molecule has 1 aliphatic carbocycles. The molecule has 1 aliphatic rings. The lowest BCUT2D eigenvalue weighted by Crippen LogP contribution is -2.41. The number of ether oxygens (including phenoxy) is 1. The molecule has 0 radical (unpaired) electrons. The van der Waals surface area contributed by atoms with E-state index in [4.69, 9.17) is 16.3 Å². The number of thiophene rings is 1. The SMILES string of the molecule is CCC1CCC(N(Cc2cc(-c3ccnc(F)c3)ccc2OC)C(=O)c2sc3cccc(F)c3c2Cl)CC1. The molecule has 1 saturated carbocycles. The molecule has 2 heterocycles. The highest BCUT2D eigenvalue weighted by Crippen LogP contribution is 2.40. The summed E-state index contributed by atoms with van der Waals surface area (Å²) in [5.41, 5.74) is 2.29. The number of hydrogen-bond donors (Lipinski definition) is 0. The van der Waals surface area contributed by atoms with Crippen LogP contribution in [0.2, 0.25) is 5.02 Å². The van der Waals surface area contributed by atoms with Gasteiger partial charge in [-0.25, -0.2) is 9.37 Å². The number of methoxy groups -OCH3 is 1. The van der Waals surface area contributed by atoms with Crippen molar-refractivity contribution in [3.63, 3.8) is 0 Å². The molecule has 0 N–H and O–H groups in total. The Kier molecular flexibility index (Phi) is 7.96. The van der Waals surface area contributed by atoms with Crippen molar-refractivity contribution >= 4 is 38.9 Å². The van der Waals surface area contributed by atoms with Crippen molar-refractivity contribution in [1.82, 2.24) is 9.88 Å². The van der Waals surface area contributed by atoms with Crippen LogP contribution in [0.1, 0.15) is 54.3 Å². The Morgan fingerprint density at radius 2 is 1.87 bits per heavy atom. The third kappa shape index (κ3) is 5.27. The van der Waals surface area contributed by atoms with Crippen molar-refractivity contribution in [2.24, 2.45) is 5.92 Å². The Labute approximate surface area is 230 Å². The number of halogens is 3. The van der Waals surface area contributed by atoms with Crippen LogP contribution in [0.25, 0.3) is 21.2 Å². The predicted molar refractivity (Wildman–Crippen MR) is 149 cm³/mol. The Hall–Kier alpha value is -3.03. The maximum Gasteiger partial charge on any atom is 0.266 e. The molecule has 4 aromatic rings. The minimum Gasteiger partial charge on any atom is -0.496 e. The second kappa shape index (κ2) is 11.4. The Bertz CT molecular complexity index is 1470. The first-order chi connectivity index (χ1) is 18.4. The maximum absolute atomic E-state index is 14.6. The van der Waals surface area contributed by atoms with Crippen molar-refractivity contribution in [1.29, 1.82) is 0 Å². The Balaban J connectivity index is 1.55. The van der Waals surface area contributed by atoms with Gasteiger partial charge in [0.05, 0.1) is 12.1 Å². The molecule has 1 amide bonds. The zero-order chi connectivity index (χ0) is 26.8. The fraction of sp³-hybridized carbons (Fsp3) is 0.333. The van der Waals surface area contributed by atoms with Crippen LogP contribution < -0.4 is 4.74 Å². The van der Waals surface area contributed by atoms with Gasteiger partial charge in [0.25, 0.3) is 5.91 Å². The fourth-order valence-electron chi connectivity index (χ4n) is 5.42. The van der Waals surface area contributed by atoms with Gasteiger partial charge in [0.2, 0.25) is 5.95 Å². The topological polar surface area (TPSA) is 42.4 Å². The molecule has 0 aliphatic heterocycles. The predicted octanol–water partition coefficient (Wildman–Crippen LogP) is 8.51. The van der Waals surface area contributed by atoms with Gasteiger partial charge in [-0.05, 0) is 73.1 Å². The molecule has 2 aromatic carbocycles. The van der Waals surface area contributed by atoms with Gasteiger partial charge in [0, 0.05) is 40.5 Å². The van der Waals surface area contributed by atoms with Crippen LogP contribution in [0.3, 0.4) is 0 Å². The van der Waals surface area contributed by atoms with Crippen LogP contribution in [0.15, 0.2) is 54.7 Å². The van der Waals surface area contributed by atoms with Gasteiger partial charge in [-0.1, -0.05) is 37.1 Å². The molecular formula is C30H29ClF2N2O2S. The number of amides is 1. The number of rotatable bonds is 7. The summed E-state index contributed by atoms with van der Waals surface area (Å²) in [5, 5.41) is 0.449. The average molecular weight is 555 g/mol. The zero-order valence-electron chi connectivity index (χ0n) is 21.3. The summed E-state index contributed by atoms with van der Waals surface area (Å²) in [4.78, 5) is 20.0. The van der Waals surface area contributed by atoms with E-state index in [1.807, 2.05) is 23.1 Å². The van der Waals surface area contributed by atoms with E-state index < -0.39 is 11.8 Å². The monoisotopic (exact) mass is 554 g/mol. The first-order valence-electron chi connectivity index (χ1n) is 12.9. The summed E-state index contributed by atoms with van der Waals surface area (Å²) in [6.45, 7) is 2.50. The highest BCUT2D eigenvalue weighted by molar-refractivity contribution is 7.21. The number of fused-ring (bicyclic) bond motifs is 1. The van der Waals surface area contributed by atoms with Crippen molar-refractivity contribution in [3.8, 4) is 16.9 Å². The van der Waals surface area contributed by atoms with Gasteiger partial charge in [-0.15, -0.1) is 11.3 Å². The van der Waals surface area contributed by atoms with E-state index in [-0.39, 0.29) is 28.9 Å². The first-order valence-corrected chi connectivity index (χ1v) is 14.0. The van der Waals surface area contributed by atoms with Crippen LogP contribution in [0, 0.1) is 17.7 Å². The highest BCUT2D eigenvalue weighted by Gasteiger charge is 2.32. The lowest BCUT2D eigenvalue weighted by atomic mass is 9.83. The van der Waals surface area contributed by atoms with Gasteiger partial charge in [-0.3, -0.25) is 4.79 Å². The fourth-order valence-corrected chi connectivity index (χ4v) is 6.93. The molecule has 0 spiro atoms. The number of benzene rings is 2. The van der Waals surface area contributed by atoms with Crippen molar-refractivity contribution in [2.75, 3.05) is 7.11 Å². The molecule has 4 nitrogen and oxygen atoms in total. The number of aromatic nitrogens is 1. The zero-order valence-corrected chi connectivity index (χ0v) is 22.9. The Morgan fingerprint density at radius 3 is 2.55 bits per heavy atom. The van der Waals surface area contributed by atoms with Gasteiger partial charge in [0.1, 0.15) is 16.4 Å². The van der Waals surface area contributed by atoms with Crippen LogP contribution in [-0.2, 0) is 6.54 Å². The highest BCUT2D eigenvalue weighted by atomic mass is 35.5. The van der Waals surface area contributed by atoms with Gasteiger partial charge >= 0.3 is 0 Å². The molecule has 198 valence electrons. The lowest BCUT2D eigenvalue weighted by molar-refractivity contribution is 0.0591. The summed E-state index contributed by atoms with van der Waals surface area (Å²) in [6, 6.07) is 13.5. The van der Waals surface area contributed by atoms with Crippen LogP contribution in [0.4, 0.5) is 8.78 Å². The molecule has 0 unspecified atom stereocenters. The summed E-state index contributed by atoms with van der Waals surface area (Å²) >= 11 is 7.85. The summed E-state index contributed by atoms with van der Waals surface area (Å²) in [7, 11) is 1.59. The maximum atomic E-state index is 14.6. The minimum atomic E-state index is -0.559. The summed E-state index contributed by atoms with van der Waals surface area (Å²) < 4.78 is 34.7. The molecule has 1 fully saturated rings. The molecule has 38 heavy (non-hydrogen) atoms. The second-order valence-electron chi connectivity index (χ2n) is 9.77. The number of nitrogens with zero attached hydrogens (tertiary/aromatic N) is 2. The van der Waals surface area contributed by atoms with Crippen LogP contribution >= 0.6 is 22.9 Å². The van der Waals surface area contributed by atoms with E-state index in [9.17, 15) is 13.6 Å². The molecule has 0 atom stereocenters. The number of pyridine rings is 1. The first kappa shape index (κ1) is 26.6. The second-order valence-corrected chi connectivity index (χ2v) is 11.2. The standard InChI is InChI=1S/C30H29ClF2N2O2S/c1-3-18-7-10-22(11-8-18)35(30(36)29-28(31)27-23(32)5-4-6-25(27)38-29)17-21-15-19(9-12-24(21)37-2)20-13-14-34-26(33)16-20/h4-6,9,12-16,18,22H,3,7-8,10-11,17H2,1-2H3. The molecule has 2 aromatic heterocycles. The van der Waals surface area contributed by atoms with Gasteiger partial charge in [0.15, 0.2) is 0 Å². The minimum absolute atomic E-state index is 0.0168. The third-order valence-corrected chi connectivity index (χ3v) is 9.21. The normalized spacial score (nSPS) is 17.5. The number of carbonyl (C=O) groups is 1. The lowest BCUT2D eigenvalue weighted by Gasteiger charge is -2.37. The number of carbonyl (C=O) groups excluding carboxylic acids is 1. The van der Waals surface area contributed by atoms with Crippen LogP contribution in [-0.4, -0.2) is 28.9 Å². The Morgan fingerprint density at radius 1 is 1.11 bits per heavy atom. The van der Waals surface area contributed by atoms with Gasteiger partial charge < -0.3 is 9.64 Å². The van der Waals surface area contributed by atoms with Crippen molar-refractivity contribution in [2.45, 2.75) is 51.6 Å². The molecular weight excluding hydrogens is 526 g/mol. The molecule has 8 heteroatoms.